The predicted molar refractivity (Wildman–Crippen MR) is 131 cm³/mol. The Bertz CT molecular complexity index is 964. The molecule has 2 amide bonds. The number of amides is 2. The number of hydrogen-bond donors (Lipinski definition) is 1. The number of halogens is 2. The van der Waals surface area contributed by atoms with Crippen LogP contribution in [0.15, 0.2) is 30.7 Å². The largest absolute Gasteiger partial charge is 0.479 e. The predicted octanol–water partition coefficient (Wildman–Crippen LogP) is 3.96. The molecular formula is C25H35F2N5O4. The molecule has 0 aromatic carbocycles. The Kier molecular flexibility index (Phi) is 10.9. The van der Waals surface area contributed by atoms with E-state index < -0.39 is 18.6 Å². The highest BCUT2D eigenvalue weighted by atomic mass is 19.3. The van der Waals surface area contributed by atoms with Crippen LogP contribution in [0.1, 0.15) is 52.8 Å². The molecule has 0 bridgehead atoms. The van der Waals surface area contributed by atoms with Gasteiger partial charge in [-0.3, -0.25) is 9.59 Å². The molecule has 36 heavy (non-hydrogen) atoms. The normalized spacial score (nSPS) is 15.4. The summed E-state index contributed by atoms with van der Waals surface area (Å²) in [5, 5.41) is 2.81. The number of aryl methyl sites for hydroxylation is 1. The topological polar surface area (TPSA) is 107 Å². The van der Waals surface area contributed by atoms with Crippen molar-refractivity contribution in [3.05, 3.63) is 36.5 Å². The van der Waals surface area contributed by atoms with Crippen molar-refractivity contribution in [1.29, 1.82) is 0 Å². The third kappa shape index (κ3) is 9.01. The van der Waals surface area contributed by atoms with E-state index in [9.17, 15) is 18.4 Å². The summed E-state index contributed by atoms with van der Waals surface area (Å²) in [6.07, 6.45) is 6.29. The first-order valence-electron chi connectivity index (χ1n) is 12.1. The van der Waals surface area contributed by atoms with E-state index in [4.69, 9.17) is 9.47 Å². The Labute approximate surface area is 210 Å². The number of anilines is 1. The van der Waals surface area contributed by atoms with E-state index in [0.29, 0.717) is 30.2 Å². The quantitative estimate of drug-likeness (QED) is 0.519. The van der Waals surface area contributed by atoms with E-state index in [1.807, 2.05) is 20.8 Å². The van der Waals surface area contributed by atoms with Gasteiger partial charge in [0.15, 0.2) is 12.7 Å². The van der Waals surface area contributed by atoms with Crippen LogP contribution >= 0.6 is 0 Å². The Balaban J connectivity index is 0.000000388. The number of ether oxygens (including phenoxy) is 2. The highest BCUT2D eigenvalue weighted by Crippen LogP contribution is 2.24. The van der Waals surface area contributed by atoms with E-state index in [1.54, 1.807) is 24.2 Å². The van der Waals surface area contributed by atoms with Gasteiger partial charge in [0.25, 0.3) is 11.8 Å². The number of alkyl halides is 2. The third-order valence-electron chi connectivity index (χ3n) is 5.40. The molecule has 0 radical (unpaired) electrons. The molecule has 0 aliphatic carbocycles. The fourth-order valence-electron chi connectivity index (χ4n) is 3.41. The summed E-state index contributed by atoms with van der Waals surface area (Å²) in [6.45, 7) is 9.05. The van der Waals surface area contributed by atoms with Crippen molar-refractivity contribution in [3.63, 3.8) is 0 Å². The van der Waals surface area contributed by atoms with Crippen LogP contribution in [0.2, 0.25) is 0 Å². The average Bonchev–Trinajstić information content (AvgIpc) is 3.20. The van der Waals surface area contributed by atoms with Crippen molar-refractivity contribution in [2.45, 2.75) is 65.9 Å². The number of pyridine rings is 1. The van der Waals surface area contributed by atoms with Gasteiger partial charge in [0, 0.05) is 38.4 Å². The average molecular weight is 508 g/mol. The first kappa shape index (κ1) is 28.9. The van der Waals surface area contributed by atoms with Crippen molar-refractivity contribution >= 4 is 17.5 Å². The summed E-state index contributed by atoms with van der Waals surface area (Å²) in [6, 6.07) is 2.95. The van der Waals surface area contributed by atoms with Crippen molar-refractivity contribution in [3.8, 4) is 11.6 Å². The lowest BCUT2D eigenvalue weighted by Gasteiger charge is -2.16. The van der Waals surface area contributed by atoms with Crippen molar-refractivity contribution < 1.29 is 27.8 Å². The van der Waals surface area contributed by atoms with Gasteiger partial charge in [-0.25, -0.2) is 23.7 Å². The summed E-state index contributed by atoms with van der Waals surface area (Å²) in [4.78, 5) is 37.2. The number of aromatic nitrogens is 3. The minimum Gasteiger partial charge on any atom is -0.479 e. The first-order valence-corrected chi connectivity index (χ1v) is 12.1. The number of nitrogens with one attached hydrogen (secondary N) is 1. The fraction of sp³-hybridized carbons (Fsp3) is 0.560. The molecule has 1 atom stereocenters. The SMILES string of the molecule is CCNC(=O)C(CC)CC.Cc1ncc(N2CC[C@@H](Oc3ccc(OCC(C)(F)F)nc3)C2=O)cn1. The summed E-state index contributed by atoms with van der Waals surface area (Å²) in [5.41, 5.74) is 0.620. The Morgan fingerprint density at radius 2 is 1.83 bits per heavy atom. The number of hydrogen-bond acceptors (Lipinski definition) is 7. The fourth-order valence-corrected chi connectivity index (χ4v) is 3.41. The maximum atomic E-state index is 12.8. The lowest BCUT2D eigenvalue weighted by molar-refractivity contribution is -0.125. The van der Waals surface area contributed by atoms with E-state index in [-0.39, 0.29) is 23.6 Å². The molecule has 0 saturated carbocycles. The van der Waals surface area contributed by atoms with Gasteiger partial charge in [0.2, 0.25) is 11.8 Å². The molecule has 3 heterocycles. The zero-order valence-corrected chi connectivity index (χ0v) is 21.5. The Hall–Kier alpha value is -3.37. The summed E-state index contributed by atoms with van der Waals surface area (Å²) in [7, 11) is 0. The molecule has 3 rings (SSSR count). The van der Waals surface area contributed by atoms with Crippen LogP contribution < -0.4 is 19.7 Å². The molecule has 2 aromatic rings. The number of nitrogens with zero attached hydrogens (tertiary/aromatic N) is 4. The van der Waals surface area contributed by atoms with E-state index in [2.05, 4.69) is 20.3 Å². The van der Waals surface area contributed by atoms with E-state index in [1.165, 1.54) is 18.3 Å². The second-order valence-electron chi connectivity index (χ2n) is 8.47. The van der Waals surface area contributed by atoms with Gasteiger partial charge in [-0.1, -0.05) is 13.8 Å². The molecule has 0 spiro atoms. The van der Waals surface area contributed by atoms with Crippen LogP contribution in [0, 0.1) is 12.8 Å². The molecule has 1 fully saturated rings. The van der Waals surface area contributed by atoms with Gasteiger partial charge in [-0.15, -0.1) is 0 Å². The minimum absolute atomic E-state index is 0.0649. The molecule has 9 nitrogen and oxygen atoms in total. The first-order chi connectivity index (χ1) is 17.1. The number of carbonyl (C=O) groups excluding carboxylic acids is 2. The number of carbonyl (C=O) groups is 2. The lowest BCUT2D eigenvalue weighted by Crippen LogP contribution is -2.32. The van der Waals surface area contributed by atoms with Gasteiger partial charge in [0.05, 0.1) is 24.3 Å². The van der Waals surface area contributed by atoms with Gasteiger partial charge in [0.1, 0.15) is 11.6 Å². The second-order valence-corrected chi connectivity index (χ2v) is 8.47. The molecule has 1 aliphatic heterocycles. The second kappa shape index (κ2) is 13.6. The van der Waals surface area contributed by atoms with Crippen LogP contribution in [0.4, 0.5) is 14.5 Å². The van der Waals surface area contributed by atoms with Crippen LogP contribution in [0.3, 0.4) is 0 Å². The van der Waals surface area contributed by atoms with E-state index in [0.717, 1.165) is 26.3 Å². The Morgan fingerprint density at radius 1 is 1.17 bits per heavy atom. The van der Waals surface area contributed by atoms with Crippen molar-refractivity contribution in [2.24, 2.45) is 5.92 Å². The monoisotopic (exact) mass is 507 g/mol. The zero-order valence-electron chi connectivity index (χ0n) is 21.5. The van der Waals surface area contributed by atoms with Gasteiger partial charge in [-0.05, 0) is 32.8 Å². The summed E-state index contributed by atoms with van der Waals surface area (Å²) >= 11 is 0. The standard InChI is InChI=1S/C17H18F2N4O3.C8H17NO/c1-11-20-7-12(8-21-11)23-6-5-14(16(23)24)26-13-3-4-15(22-9-13)25-10-17(2,18)19;1-4-7(5-2)8(10)9-6-3/h3-4,7-9,14H,5-6,10H2,1-2H3;7H,4-6H2,1-3H3,(H,9,10)/t14-;/m1./s1. The van der Waals surface area contributed by atoms with Gasteiger partial charge in [-0.2, -0.15) is 0 Å². The maximum Gasteiger partial charge on any atom is 0.278 e. The highest BCUT2D eigenvalue weighted by molar-refractivity contribution is 5.98. The smallest absolute Gasteiger partial charge is 0.278 e. The van der Waals surface area contributed by atoms with Crippen molar-refractivity contribution in [1.82, 2.24) is 20.3 Å². The lowest BCUT2D eigenvalue weighted by atomic mass is 10.0. The van der Waals surface area contributed by atoms with Crippen molar-refractivity contribution in [2.75, 3.05) is 24.6 Å². The maximum absolute atomic E-state index is 12.8. The highest BCUT2D eigenvalue weighted by Gasteiger charge is 2.34. The van der Waals surface area contributed by atoms with Gasteiger partial charge >= 0.3 is 0 Å². The molecule has 11 heteroatoms. The summed E-state index contributed by atoms with van der Waals surface area (Å²) < 4.78 is 36.1. The molecule has 1 aliphatic rings. The minimum atomic E-state index is -2.93. The van der Waals surface area contributed by atoms with Crippen LogP contribution in [0.5, 0.6) is 11.6 Å². The third-order valence-corrected chi connectivity index (χ3v) is 5.40. The van der Waals surface area contributed by atoms with Crippen LogP contribution in [-0.2, 0) is 9.59 Å². The molecule has 198 valence electrons. The van der Waals surface area contributed by atoms with Crippen LogP contribution in [-0.4, -0.2) is 58.5 Å². The molecule has 1 saturated heterocycles. The molecule has 1 N–H and O–H groups in total. The summed E-state index contributed by atoms with van der Waals surface area (Å²) in [5.74, 6) is -1.65. The molecular weight excluding hydrogens is 472 g/mol. The zero-order chi connectivity index (χ0) is 26.7. The van der Waals surface area contributed by atoms with Crippen LogP contribution in [0.25, 0.3) is 0 Å². The van der Waals surface area contributed by atoms with E-state index >= 15 is 0 Å². The molecule has 0 unspecified atom stereocenters. The molecule has 2 aromatic heterocycles. The van der Waals surface area contributed by atoms with Gasteiger partial charge < -0.3 is 19.7 Å². The Morgan fingerprint density at radius 3 is 2.36 bits per heavy atom. The number of rotatable bonds is 10.